The van der Waals surface area contributed by atoms with Crippen molar-refractivity contribution in [2.45, 2.75) is 25.3 Å². The van der Waals surface area contributed by atoms with E-state index in [1.165, 1.54) is 0 Å². The third-order valence-electron chi connectivity index (χ3n) is 5.50. The topological polar surface area (TPSA) is 76.0 Å². The predicted molar refractivity (Wildman–Crippen MR) is 118 cm³/mol. The summed E-state index contributed by atoms with van der Waals surface area (Å²) in [6.45, 7) is 0. The summed E-state index contributed by atoms with van der Waals surface area (Å²) in [4.78, 5) is 25.8. The summed E-state index contributed by atoms with van der Waals surface area (Å²) in [5.74, 6) is 0.508. The van der Waals surface area contributed by atoms with Crippen molar-refractivity contribution in [3.63, 3.8) is 0 Å². The molecule has 6 nitrogen and oxygen atoms in total. The van der Waals surface area contributed by atoms with Crippen LogP contribution in [0.5, 0.6) is 0 Å². The number of nitrogens with one attached hydrogen (secondary N) is 2. The molecule has 0 bridgehead atoms. The van der Waals surface area contributed by atoms with E-state index < -0.39 is 0 Å². The number of aromatic nitrogens is 2. The molecule has 2 heterocycles. The maximum Gasteiger partial charge on any atom is 0.261 e. The predicted octanol–water partition coefficient (Wildman–Crippen LogP) is 4.92. The zero-order valence-electron chi connectivity index (χ0n) is 16.1. The number of anilines is 2. The number of Topliss-reactive ketones (excluding diaryl/α,β-unsaturated/α-hetero) is 1. The van der Waals surface area contributed by atoms with E-state index in [-0.39, 0.29) is 17.7 Å². The number of halogens is 1. The molecule has 2 aliphatic rings. The Morgan fingerprint density at radius 2 is 1.87 bits per heavy atom. The number of fused-ring (bicyclic) bond motifs is 1. The fraction of sp³-hybridized carbons (Fsp3) is 0.174. The number of ketones is 1. The summed E-state index contributed by atoms with van der Waals surface area (Å²) in [6, 6.07) is 16.9. The van der Waals surface area contributed by atoms with Gasteiger partial charge in [-0.3, -0.25) is 9.59 Å². The second-order valence-electron chi connectivity index (χ2n) is 7.42. The first kappa shape index (κ1) is 18.8. The van der Waals surface area contributed by atoms with Crippen LogP contribution in [0.3, 0.4) is 0 Å². The van der Waals surface area contributed by atoms with Gasteiger partial charge in [-0.2, -0.15) is 5.10 Å². The number of para-hydroxylation sites is 1. The molecule has 150 valence electrons. The van der Waals surface area contributed by atoms with Crippen LogP contribution in [0.25, 0.3) is 0 Å². The number of allylic oxidation sites excluding steroid dienone is 2. The molecule has 0 radical (unpaired) electrons. The smallest absolute Gasteiger partial charge is 0.261 e. The standard InChI is InChI=1S/C23H19BrN4O2/c24-15-11-9-14(10-12-15)21-20-18(7-4-8-19(20)29)27-22-17(13-25-28(21)22)23(30)26-16-5-2-1-3-6-16/h1-3,5-6,9-13,21,27H,4,7-8H2,(H,26,30). The molecule has 0 spiro atoms. The van der Waals surface area contributed by atoms with E-state index in [1.807, 2.05) is 54.6 Å². The van der Waals surface area contributed by atoms with Crippen molar-refractivity contribution in [1.29, 1.82) is 0 Å². The molecule has 7 heteroatoms. The second kappa shape index (κ2) is 7.57. The number of amides is 1. The Hall–Kier alpha value is -3.19. The van der Waals surface area contributed by atoms with Gasteiger partial charge in [0.2, 0.25) is 0 Å². The van der Waals surface area contributed by atoms with E-state index in [0.717, 1.165) is 39.8 Å². The molecular formula is C23H19BrN4O2. The summed E-state index contributed by atoms with van der Waals surface area (Å²) < 4.78 is 2.72. The van der Waals surface area contributed by atoms with E-state index >= 15 is 0 Å². The lowest BCUT2D eigenvalue weighted by molar-refractivity contribution is -0.116. The Kier molecular flexibility index (Phi) is 4.75. The summed E-state index contributed by atoms with van der Waals surface area (Å²) in [5, 5.41) is 10.8. The number of carbonyl (C=O) groups excluding carboxylic acids is 2. The van der Waals surface area contributed by atoms with Crippen molar-refractivity contribution in [3.8, 4) is 0 Å². The molecule has 0 saturated heterocycles. The van der Waals surface area contributed by atoms with Crippen LogP contribution in [-0.2, 0) is 4.79 Å². The Morgan fingerprint density at radius 1 is 1.10 bits per heavy atom. The molecule has 2 N–H and O–H groups in total. The van der Waals surface area contributed by atoms with Crippen LogP contribution >= 0.6 is 15.9 Å². The molecular weight excluding hydrogens is 444 g/mol. The normalized spacial score (nSPS) is 17.8. The molecule has 3 aromatic rings. The zero-order chi connectivity index (χ0) is 20.7. The van der Waals surface area contributed by atoms with Gasteiger partial charge in [-0.1, -0.05) is 46.3 Å². The van der Waals surface area contributed by atoms with Crippen molar-refractivity contribution < 1.29 is 9.59 Å². The van der Waals surface area contributed by atoms with Crippen molar-refractivity contribution in [2.24, 2.45) is 0 Å². The minimum absolute atomic E-state index is 0.133. The van der Waals surface area contributed by atoms with Crippen molar-refractivity contribution >= 4 is 39.1 Å². The first-order valence-corrected chi connectivity index (χ1v) is 10.6. The van der Waals surface area contributed by atoms with E-state index in [4.69, 9.17) is 0 Å². The van der Waals surface area contributed by atoms with Gasteiger partial charge in [-0.05, 0) is 42.7 Å². The molecule has 1 aliphatic heterocycles. The van der Waals surface area contributed by atoms with Gasteiger partial charge in [0.25, 0.3) is 5.91 Å². The largest absolute Gasteiger partial charge is 0.343 e. The molecule has 1 atom stereocenters. The van der Waals surface area contributed by atoms with Crippen LogP contribution in [0.1, 0.15) is 41.2 Å². The fourth-order valence-electron chi connectivity index (χ4n) is 4.10. The Morgan fingerprint density at radius 3 is 2.63 bits per heavy atom. The monoisotopic (exact) mass is 462 g/mol. The van der Waals surface area contributed by atoms with Crippen molar-refractivity contribution in [3.05, 3.63) is 87.7 Å². The molecule has 0 fully saturated rings. The molecule has 1 amide bonds. The van der Waals surface area contributed by atoms with Gasteiger partial charge in [0.15, 0.2) is 5.78 Å². The lowest BCUT2D eigenvalue weighted by Gasteiger charge is -2.33. The van der Waals surface area contributed by atoms with Gasteiger partial charge in [0, 0.05) is 27.9 Å². The van der Waals surface area contributed by atoms with Crippen LogP contribution in [0.4, 0.5) is 11.5 Å². The summed E-state index contributed by atoms with van der Waals surface area (Å²) in [7, 11) is 0. The van der Waals surface area contributed by atoms with Crippen LogP contribution in [0.15, 0.2) is 76.5 Å². The second-order valence-corrected chi connectivity index (χ2v) is 8.34. The maximum absolute atomic E-state index is 13.0. The summed E-state index contributed by atoms with van der Waals surface area (Å²) in [5.41, 5.74) is 3.76. The highest BCUT2D eigenvalue weighted by Crippen LogP contribution is 2.41. The van der Waals surface area contributed by atoms with E-state index in [1.54, 1.807) is 10.9 Å². The lowest BCUT2D eigenvalue weighted by Crippen LogP contribution is -2.32. The Balaban J connectivity index is 1.58. The molecule has 2 aromatic carbocycles. The SMILES string of the molecule is O=C1CCCC2=C1C(c1ccc(Br)cc1)n1ncc(C(=O)Nc3ccccc3)c1N2. The molecule has 5 rings (SSSR count). The van der Waals surface area contributed by atoms with Gasteiger partial charge in [0.05, 0.1) is 6.20 Å². The third-order valence-corrected chi connectivity index (χ3v) is 6.03. The maximum atomic E-state index is 13.0. The highest BCUT2D eigenvalue weighted by atomic mass is 79.9. The van der Waals surface area contributed by atoms with E-state index in [9.17, 15) is 9.59 Å². The first-order chi connectivity index (χ1) is 14.6. The number of hydrogen-bond acceptors (Lipinski definition) is 4. The van der Waals surface area contributed by atoms with Crippen LogP contribution in [0, 0.1) is 0 Å². The summed E-state index contributed by atoms with van der Waals surface area (Å²) >= 11 is 3.47. The minimum Gasteiger partial charge on any atom is -0.343 e. The minimum atomic E-state index is -0.351. The van der Waals surface area contributed by atoms with Crippen LogP contribution < -0.4 is 10.6 Å². The molecule has 1 unspecified atom stereocenters. The van der Waals surface area contributed by atoms with Gasteiger partial charge in [-0.15, -0.1) is 0 Å². The molecule has 1 aromatic heterocycles. The number of hydrogen-bond donors (Lipinski definition) is 2. The molecule has 0 saturated carbocycles. The number of benzene rings is 2. The highest BCUT2D eigenvalue weighted by Gasteiger charge is 2.37. The first-order valence-electron chi connectivity index (χ1n) is 9.84. The zero-order valence-corrected chi connectivity index (χ0v) is 17.6. The van der Waals surface area contributed by atoms with E-state index in [0.29, 0.717) is 17.8 Å². The molecule has 30 heavy (non-hydrogen) atoms. The quantitative estimate of drug-likeness (QED) is 0.578. The fourth-order valence-corrected chi connectivity index (χ4v) is 4.36. The Labute approximate surface area is 182 Å². The highest BCUT2D eigenvalue weighted by molar-refractivity contribution is 9.10. The van der Waals surface area contributed by atoms with Crippen molar-refractivity contribution in [2.75, 3.05) is 10.6 Å². The molecule has 1 aliphatic carbocycles. The lowest BCUT2D eigenvalue weighted by atomic mass is 9.85. The Bertz CT molecular complexity index is 1170. The number of rotatable bonds is 3. The third kappa shape index (κ3) is 3.25. The summed E-state index contributed by atoms with van der Waals surface area (Å²) in [6.07, 6.45) is 3.68. The average molecular weight is 463 g/mol. The van der Waals surface area contributed by atoms with Crippen molar-refractivity contribution in [1.82, 2.24) is 9.78 Å². The number of carbonyl (C=O) groups is 2. The van der Waals surface area contributed by atoms with Gasteiger partial charge in [0.1, 0.15) is 17.4 Å². The van der Waals surface area contributed by atoms with Crippen LogP contribution in [0.2, 0.25) is 0 Å². The van der Waals surface area contributed by atoms with Gasteiger partial charge >= 0.3 is 0 Å². The van der Waals surface area contributed by atoms with Gasteiger partial charge < -0.3 is 10.6 Å². The van der Waals surface area contributed by atoms with Gasteiger partial charge in [-0.25, -0.2) is 4.68 Å². The van der Waals surface area contributed by atoms with Crippen LogP contribution in [-0.4, -0.2) is 21.5 Å². The average Bonchev–Trinajstić information content (AvgIpc) is 3.18. The van der Waals surface area contributed by atoms with E-state index in [2.05, 4.69) is 31.7 Å². The number of nitrogens with zero attached hydrogens (tertiary/aromatic N) is 2.